The summed E-state index contributed by atoms with van der Waals surface area (Å²) in [5.74, 6) is 0.256. The van der Waals surface area contributed by atoms with Crippen molar-refractivity contribution in [3.63, 3.8) is 0 Å². The highest BCUT2D eigenvalue weighted by molar-refractivity contribution is 6.32. The van der Waals surface area contributed by atoms with E-state index in [0.717, 1.165) is 0 Å². The van der Waals surface area contributed by atoms with Crippen LogP contribution in [0.4, 0.5) is 5.82 Å². The summed E-state index contributed by atoms with van der Waals surface area (Å²) in [5, 5.41) is 5.82. The van der Waals surface area contributed by atoms with Gasteiger partial charge in [-0.15, -0.1) is 0 Å². The van der Waals surface area contributed by atoms with Crippen molar-refractivity contribution in [2.75, 3.05) is 11.9 Å². The summed E-state index contributed by atoms with van der Waals surface area (Å²) in [6.45, 7) is 6.09. The average molecular weight is 285 g/mol. The van der Waals surface area contributed by atoms with Crippen molar-refractivity contribution in [3.8, 4) is 0 Å². The summed E-state index contributed by atoms with van der Waals surface area (Å²) in [5.41, 5.74) is -0.0658. The number of aromatic nitrogens is 2. The molecule has 1 aromatic rings. The third-order valence-electron chi connectivity index (χ3n) is 2.11. The van der Waals surface area contributed by atoms with Gasteiger partial charge in [-0.1, -0.05) is 11.6 Å². The first-order valence-corrected chi connectivity index (χ1v) is 6.22. The summed E-state index contributed by atoms with van der Waals surface area (Å²) >= 11 is 5.76. The van der Waals surface area contributed by atoms with E-state index in [9.17, 15) is 9.59 Å². The molecule has 2 N–H and O–H groups in total. The Morgan fingerprint density at radius 3 is 2.68 bits per heavy atom. The van der Waals surface area contributed by atoms with Crippen molar-refractivity contribution in [1.82, 2.24) is 15.3 Å². The molecule has 0 fully saturated rings. The summed E-state index contributed by atoms with van der Waals surface area (Å²) in [4.78, 5) is 30.1. The van der Waals surface area contributed by atoms with Gasteiger partial charge in [-0.3, -0.25) is 9.59 Å². The molecule has 1 rings (SSSR count). The van der Waals surface area contributed by atoms with Crippen LogP contribution in [0.3, 0.4) is 0 Å². The molecular weight excluding hydrogens is 268 g/mol. The van der Waals surface area contributed by atoms with E-state index in [4.69, 9.17) is 11.6 Å². The molecule has 19 heavy (non-hydrogen) atoms. The molecule has 0 atom stereocenters. The first-order chi connectivity index (χ1) is 8.83. The predicted octanol–water partition coefficient (Wildman–Crippen LogP) is 1.66. The number of carbonyl (C=O) groups excluding carboxylic acids is 2. The topological polar surface area (TPSA) is 84.0 Å². The van der Waals surface area contributed by atoms with Crippen LogP contribution in [0.25, 0.3) is 0 Å². The second-order valence-electron chi connectivity index (χ2n) is 5.02. The van der Waals surface area contributed by atoms with Gasteiger partial charge in [0.25, 0.3) is 0 Å². The Morgan fingerprint density at radius 2 is 2.11 bits per heavy atom. The quantitative estimate of drug-likeness (QED) is 0.634. The van der Waals surface area contributed by atoms with Crippen molar-refractivity contribution in [1.29, 1.82) is 0 Å². The van der Waals surface area contributed by atoms with E-state index >= 15 is 0 Å². The molecule has 0 spiro atoms. The second kappa shape index (κ2) is 6.47. The van der Waals surface area contributed by atoms with Crippen molar-refractivity contribution >= 4 is 29.6 Å². The minimum absolute atomic E-state index is 0.0761. The lowest BCUT2D eigenvalue weighted by Gasteiger charge is -2.20. The fourth-order valence-corrected chi connectivity index (χ4v) is 1.57. The number of nitrogens with one attached hydrogen (secondary N) is 2. The van der Waals surface area contributed by atoms with Crippen molar-refractivity contribution in [3.05, 3.63) is 17.0 Å². The summed E-state index contributed by atoms with van der Waals surface area (Å²) in [6, 6.07) is 0. The lowest BCUT2D eigenvalue weighted by Crippen LogP contribution is -2.41. The van der Waals surface area contributed by atoms with Crippen molar-refractivity contribution in [2.45, 2.75) is 32.7 Å². The maximum atomic E-state index is 11.6. The lowest BCUT2D eigenvalue weighted by molar-refractivity contribution is -0.122. The minimum Gasteiger partial charge on any atom is -0.369 e. The van der Waals surface area contributed by atoms with Crippen LogP contribution in [0.5, 0.6) is 0 Å². The first-order valence-electron chi connectivity index (χ1n) is 5.84. The molecule has 6 nitrogen and oxygen atoms in total. The molecule has 0 aliphatic carbocycles. The molecule has 104 valence electrons. The fraction of sp³-hybridized carbons (Fsp3) is 0.500. The molecule has 0 saturated carbocycles. The number of hydrogen-bond donors (Lipinski definition) is 2. The highest BCUT2D eigenvalue weighted by atomic mass is 35.5. The number of aldehydes is 1. The van der Waals surface area contributed by atoms with Gasteiger partial charge in [0.2, 0.25) is 5.91 Å². The highest BCUT2D eigenvalue weighted by Crippen LogP contribution is 2.16. The van der Waals surface area contributed by atoms with Gasteiger partial charge in [0.1, 0.15) is 17.3 Å². The number of halogens is 1. The van der Waals surface area contributed by atoms with Gasteiger partial charge >= 0.3 is 0 Å². The largest absolute Gasteiger partial charge is 0.369 e. The third-order valence-corrected chi connectivity index (χ3v) is 2.41. The van der Waals surface area contributed by atoms with Crippen molar-refractivity contribution < 1.29 is 9.59 Å². The van der Waals surface area contributed by atoms with E-state index in [1.807, 2.05) is 20.8 Å². The number of rotatable bonds is 5. The molecule has 0 saturated heterocycles. The van der Waals surface area contributed by atoms with E-state index in [1.54, 1.807) is 0 Å². The monoisotopic (exact) mass is 284 g/mol. The molecule has 1 heterocycles. The van der Waals surface area contributed by atoms with Crippen LogP contribution in [0.1, 0.15) is 37.6 Å². The zero-order valence-electron chi connectivity index (χ0n) is 11.2. The van der Waals surface area contributed by atoms with Gasteiger partial charge in [0, 0.05) is 18.5 Å². The maximum Gasteiger partial charge on any atom is 0.222 e. The SMILES string of the molecule is CC(C)(C)NC(=O)CCNc1ncnc(Cl)c1C=O. The van der Waals surface area contributed by atoms with Crippen LogP contribution in [-0.4, -0.2) is 34.2 Å². The third kappa shape index (κ3) is 5.21. The van der Waals surface area contributed by atoms with Gasteiger partial charge in [-0.05, 0) is 20.8 Å². The average Bonchev–Trinajstić information content (AvgIpc) is 2.26. The molecule has 0 aliphatic rings. The molecule has 7 heteroatoms. The van der Waals surface area contributed by atoms with E-state index in [1.165, 1.54) is 6.33 Å². The van der Waals surface area contributed by atoms with Crippen LogP contribution in [-0.2, 0) is 4.79 Å². The number of nitrogens with zero attached hydrogens (tertiary/aromatic N) is 2. The molecule has 0 aromatic carbocycles. The van der Waals surface area contributed by atoms with E-state index in [-0.39, 0.29) is 28.6 Å². The Balaban J connectivity index is 2.52. The zero-order chi connectivity index (χ0) is 14.5. The van der Waals surface area contributed by atoms with E-state index in [0.29, 0.717) is 18.6 Å². The summed E-state index contributed by atoms with van der Waals surface area (Å²) in [7, 11) is 0. The molecule has 0 radical (unpaired) electrons. The smallest absolute Gasteiger partial charge is 0.222 e. The number of hydrogen-bond acceptors (Lipinski definition) is 5. The molecular formula is C12H17ClN4O2. The van der Waals surface area contributed by atoms with Crippen LogP contribution in [0.2, 0.25) is 5.15 Å². The normalized spacial score (nSPS) is 10.9. The number of anilines is 1. The maximum absolute atomic E-state index is 11.6. The summed E-state index contributed by atoms with van der Waals surface area (Å²) in [6.07, 6.45) is 2.12. The molecule has 1 amide bonds. The van der Waals surface area contributed by atoms with Gasteiger partial charge in [0.05, 0.1) is 5.56 Å². The van der Waals surface area contributed by atoms with Crippen LogP contribution in [0, 0.1) is 0 Å². The Kier molecular flexibility index (Phi) is 5.23. The second-order valence-corrected chi connectivity index (χ2v) is 5.38. The van der Waals surface area contributed by atoms with Crippen LogP contribution < -0.4 is 10.6 Å². The van der Waals surface area contributed by atoms with Crippen molar-refractivity contribution in [2.24, 2.45) is 0 Å². The zero-order valence-corrected chi connectivity index (χ0v) is 11.9. The fourth-order valence-electron chi connectivity index (χ4n) is 1.39. The van der Waals surface area contributed by atoms with Gasteiger partial charge in [0.15, 0.2) is 6.29 Å². The van der Waals surface area contributed by atoms with Gasteiger partial charge in [-0.2, -0.15) is 0 Å². The summed E-state index contributed by atoms with van der Waals surface area (Å²) < 4.78 is 0. The first kappa shape index (κ1) is 15.4. The van der Waals surface area contributed by atoms with E-state index in [2.05, 4.69) is 20.6 Å². The Morgan fingerprint density at radius 1 is 1.42 bits per heavy atom. The Bertz CT molecular complexity index is 471. The van der Waals surface area contributed by atoms with Crippen LogP contribution in [0.15, 0.2) is 6.33 Å². The molecule has 0 unspecified atom stereocenters. The number of amides is 1. The Hall–Kier alpha value is -1.69. The van der Waals surface area contributed by atoms with Gasteiger partial charge < -0.3 is 10.6 Å². The van der Waals surface area contributed by atoms with Gasteiger partial charge in [-0.25, -0.2) is 9.97 Å². The molecule has 0 bridgehead atoms. The molecule has 0 aliphatic heterocycles. The lowest BCUT2D eigenvalue weighted by atomic mass is 10.1. The minimum atomic E-state index is -0.261. The predicted molar refractivity (Wildman–Crippen MR) is 73.4 cm³/mol. The number of carbonyl (C=O) groups is 2. The molecule has 1 aromatic heterocycles. The standard InChI is InChI=1S/C12H17ClN4O2/c1-12(2,3)17-9(19)4-5-14-11-8(6-18)10(13)15-7-16-11/h6-7H,4-5H2,1-3H3,(H,17,19)(H,14,15,16). The van der Waals surface area contributed by atoms with E-state index < -0.39 is 0 Å². The Labute approximate surface area is 117 Å². The highest BCUT2D eigenvalue weighted by Gasteiger charge is 2.14. The van der Waals surface area contributed by atoms with Crippen LogP contribution >= 0.6 is 11.6 Å².